The molecule has 2 aliphatic heterocycles. The molecule has 0 spiro atoms. The van der Waals surface area contributed by atoms with Crippen molar-refractivity contribution in [2.75, 3.05) is 46.4 Å². The van der Waals surface area contributed by atoms with Crippen molar-refractivity contribution < 1.29 is 19.1 Å². The highest BCUT2D eigenvalue weighted by atomic mass is 16.5. The molecule has 184 valence electrons. The van der Waals surface area contributed by atoms with Gasteiger partial charge in [-0.1, -0.05) is 48.0 Å². The Hall–Kier alpha value is -3.65. The molecule has 8 heteroatoms. The third-order valence-corrected chi connectivity index (χ3v) is 6.54. The molecular formula is C27H32N4O4. The van der Waals surface area contributed by atoms with Crippen molar-refractivity contribution in [1.29, 1.82) is 0 Å². The van der Waals surface area contributed by atoms with Crippen LogP contribution in [0.5, 0.6) is 0 Å². The van der Waals surface area contributed by atoms with Gasteiger partial charge in [0.2, 0.25) is 0 Å². The molecule has 2 aliphatic rings. The summed E-state index contributed by atoms with van der Waals surface area (Å²) in [7, 11) is 1.67. The van der Waals surface area contributed by atoms with Gasteiger partial charge < -0.3 is 15.0 Å². The number of ether oxygens (including phenoxy) is 1. The van der Waals surface area contributed by atoms with Crippen LogP contribution in [0.1, 0.15) is 34.5 Å². The van der Waals surface area contributed by atoms with Crippen molar-refractivity contribution in [3.05, 3.63) is 82.6 Å². The fraction of sp³-hybridized carbons (Fsp3) is 0.370. The van der Waals surface area contributed by atoms with Crippen LogP contribution in [0.25, 0.3) is 0 Å². The first-order valence-electron chi connectivity index (χ1n) is 12.0. The van der Waals surface area contributed by atoms with E-state index in [2.05, 4.69) is 10.2 Å². The van der Waals surface area contributed by atoms with Crippen molar-refractivity contribution in [2.45, 2.75) is 19.9 Å². The van der Waals surface area contributed by atoms with Gasteiger partial charge >= 0.3 is 12.0 Å². The maximum absolute atomic E-state index is 13.1. The van der Waals surface area contributed by atoms with E-state index in [0.29, 0.717) is 49.6 Å². The number of esters is 1. The number of aryl methyl sites for hydroxylation is 1. The lowest BCUT2D eigenvalue weighted by atomic mass is 9.93. The molecule has 4 rings (SSSR count). The molecule has 2 aromatic carbocycles. The molecule has 1 fully saturated rings. The molecular weight excluding hydrogens is 444 g/mol. The van der Waals surface area contributed by atoms with Crippen molar-refractivity contribution in [2.24, 2.45) is 0 Å². The second-order valence-electron chi connectivity index (χ2n) is 8.87. The topological polar surface area (TPSA) is 82.2 Å². The molecule has 3 amide bonds. The number of hydrogen-bond donors (Lipinski definition) is 1. The van der Waals surface area contributed by atoms with E-state index in [-0.39, 0.29) is 18.5 Å². The quantitative estimate of drug-likeness (QED) is 0.649. The number of rotatable bonds is 6. The second kappa shape index (κ2) is 10.7. The number of benzene rings is 2. The zero-order valence-electron chi connectivity index (χ0n) is 20.5. The van der Waals surface area contributed by atoms with Gasteiger partial charge in [0.05, 0.1) is 18.2 Å². The molecule has 0 radical (unpaired) electrons. The van der Waals surface area contributed by atoms with Crippen molar-refractivity contribution >= 4 is 17.9 Å². The highest BCUT2D eigenvalue weighted by Gasteiger charge is 2.37. The largest absolute Gasteiger partial charge is 0.463 e. The van der Waals surface area contributed by atoms with Crippen LogP contribution in [0.2, 0.25) is 0 Å². The predicted molar refractivity (Wildman–Crippen MR) is 133 cm³/mol. The Morgan fingerprint density at radius 2 is 1.66 bits per heavy atom. The lowest BCUT2D eigenvalue weighted by Crippen LogP contribution is -2.53. The van der Waals surface area contributed by atoms with E-state index in [4.69, 9.17) is 4.74 Å². The number of hydrogen-bond acceptors (Lipinski definition) is 5. The first kappa shape index (κ1) is 24.5. The SMILES string of the molecule is CCOC(=O)C1=C(CN2CCN(C(=O)c3ccccc3)CC2)N(C)C(=O)NC1c1ccc(C)cc1. The minimum absolute atomic E-state index is 0.0188. The van der Waals surface area contributed by atoms with Crippen LogP contribution >= 0.6 is 0 Å². The van der Waals surface area contributed by atoms with E-state index in [1.807, 2.05) is 66.4 Å². The second-order valence-corrected chi connectivity index (χ2v) is 8.87. The normalized spacial score (nSPS) is 18.9. The molecule has 1 unspecified atom stereocenters. The summed E-state index contributed by atoms with van der Waals surface area (Å²) in [6.45, 7) is 6.85. The number of carbonyl (C=O) groups excluding carboxylic acids is 3. The zero-order valence-corrected chi connectivity index (χ0v) is 20.5. The fourth-order valence-electron chi connectivity index (χ4n) is 4.49. The minimum atomic E-state index is -0.589. The highest BCUT2D eigenvalue weighted by Crippen LogP contribution is 2.31. The Bertz CT molecular complexity index is 1110. The van der Waals surface area contributed by atoms with Crippen molar-refractivity contribution in [3.63, 3.8) is 0 Å². The van der Waals surface area contributed by atoms with Gasteiger partial charge in [-0.2, -0.15) is 0 Å². The zero-order chi connectivity index (χ0) is 24.9. The average molecular weight is 477 g/mol. The van der Waals surface area contributed by atoms with Gasteiger partial charge in [0, 0.05) is 51.0 Å². The summed E-state index contributed by atoms with van der Waals surface area (Å²) in [4.78, 5) is 44.3. The Morgan fingerprint density at radius 1 is 1.00 bits per heavy atom. The lowest BCUT2D eigenvalue weighted by Gasteiger charge is -2.39. The summed E-state index contributed by atoms with van der Waals surface area (Å²) < 4.78 is 5.41. The van der Waals surface area contributed by atoms with Gasteiger partial charge in [0.15, 0.2) is 0 Å². The maximum Gasteiger partial charge on any atom is 0.338 e. The molecule has 2 aromatic rings. The maximum atomic E-state index is 13.1. The predicted octanol–water partition coefficient (Wildman–Crippen LogP) is 2.97. The van der Waals surface area contributed by atoms with Gasteiger partial charge in [-0.15, -0.1) is 0 Å². The van der Waals surface area contributed by atoms with E-state index in [1.54, 1.807) is 14.0 Å². The number of piperazine rings is 1. The number of urea groups is 1. The molecule has 1 saturated heterocycles. The molecule has 2 heterocycles. The van der Waals surface area contributed by atoms with Gasteiger partial charge in [-0.05, 0) is 31.5 Å². The number of carbonyl (C=O) groups is 3. The average Bonchev–Trinajstić information content (AvgIpc) is 2.88. The number of amides is 3. The van der Waals surface area contributed by atoms with Crippen molar-refractivity contribution in [1.82, 2.24) is 20.0 Å². The summed E-state index contributed by atoms with van der Waals surface area (Å²) in [5.41, 5.74) is 3.67. The number of nitrogens with one attached hydrogen (secondary N) is 1. The van der Waals surface area contributed by atoms with Crippen LogP contribution < -0.4 is 5.32 Å². The van der Waals surface area contributed by atoms with E-state index in [0.717, 1.165) is 11.1 Å². The molecule has 1 N–H and O–H groups in total. The fourth-order valence-corrected chi connectivity index (χ4v) is 4.49. The molecule has 1 atom stereocenters. The first-order valence-corrected chi connectivity index (χ1v) is 12.0. The molecule has 0 saturated carbocycles. The Morgan fingerprint density at radius 3 is 2.29 bits per heavy atom. The van der Waals surface area contributed by atoms with Crippen LogP contribution in [0, 0.1) is 6.92 Å². The smallest absolute Gasteiger partial charge is 0.338 e. The number of nitrogens with zero attached hydrogens (tertiary/aromatic N) is 3. The summed E-state index contributed by atoms with van der Waals surface area (Å²) in [5.74, 6) is -0.414. The summed E-state index contributed by atoms with van der Waals surface area (Å²) in [6, 6.07) is 16.2. The Kier molecular flexibility index (Phi) is 7.51. The third-order valence-electron chi connectivity index (χ3n) is 6.54. The van der Waals surface area contributed by atoms with Crippen LogP contribution in [-0.4, -0.2) is 79.0 Å². The van der Waals surface area contributed by atoms with Gasteiger partial charge in [0.25, 0.3) is 5.91 Å². The lowest BCUT2D eigenvalue weighted by molar-refractivity contribution is -0.139. The van der Waals surface area contributed by atoms with Crippen LogP contribution in [0.3, 0.4) is 0 Å². The summed E-state index contributed by atoms with van der Waals surface area (Å²) in [5, 5.41) is 2.96. The third kappa shape index (κ3) is 5.38. The van der Waals surface area contributed by atoms with Crippen molar-refractivity contribution in [3.8, 4) is 0 Å². The summed E-state index contributed by atoms with van der Waals surface area (Å²) >= 11 is 0. The monoisotopic (exact) mass is 476 g/mol. The molecule has 0 aliphatic carbocycles. The molecule has 0 bridgehead atoms. The first-order chi connectivity index (χ1) is 16.9. The Balaban J connectivity index is 1.57. The van der Waals surface area contributed by atoms with Crippen LogP contribution in [0.4, 0.5) is 4.79 Å². The minimum Gasteiger partial charge on any atom is -0.463 e. The van der Waals surface area contributed by atoms with Gasteiger partial charge in [-0.25, -0.2) is 9.59 Å². The molecule has 35 heavy (non-hydrogen) atoms. The van der Waals surface area contributed by atoms with Gasteiger partial charge in [0.1, 0.15) is 0 Å². The van der Waals surface area contributed by atoms with E-state index < -0.39 is 12.0 Å². The van der Waals surface area contributed by atoms with E-state index >= 15 is 0 Å². The standard InChI is InChI=1S/C27H32N4O4/c1-4-35-26(33)23-22(29(3)27(34)28-24(23)20-12-10-19(2)11-13-20)18-30-14-16-31(17-15-30)25(32)21-8-6-5-7-9-21/h5-13,24H,4,14-18H2,1-3H3,(H,28,34). The Labute approximate surface area is 206 Å². The highest BCUT2D eigenvalue weighted by molar-refractivity contribution is 5.95. The van der Waals surface area contributed by atoms with Crippen LogP contribution in [0.15, 0.2) is 65.9 Å². The van der Waals surface area contributed by atoms with E-state index in [9.17, 15) is 14.4 Å². The van der Waals surface area contributed by atoms with Crippen LogP contribution in [-0.2, 0) is 9.53 Å². The molecule has 0 aromatic heterocycles. The summed E-state index contributed by atoms with van der Waals surface area (Å²) in [6.07, 6.45) is 0. The molecule has 8 nitrogen and oxygen atoms in total. The number of likely N-dealkylation sites (N-methyl/N-ethyl adjacent to an activating group) is 1. The van der Waals surface area contributed by atoms with Gasteiger partial charge in [-0.3, -0.25) is 14.6 Å². The van der Waals surface area contributed by atoms with E-state index in [1.165, 1.54) is 4.90 Å².